The van der Waals surface area contributed by atoms with Gasteiger partial charge in [0.05, 0.1) is 11.4 Å². The smallest absolute Gasteiger partial charge is 0.248 e. The van der Waals surface area contributed by atoms with Crippen molar-refractivity contribution in [1.29, 1.82) is 0 Å². The molecule has 1 aliphatic heterocycles. The van der Waals surface area contributed by atoms with Crippen LogP contribution in [0, 0.1) is 0 Å². The van der Waals surface area contributed by atoms with E-state index in [0.29, 0.717) is 29.9 Å². The topological polar surface area (TPSA) is 130 Å². The van der Waals surface area contributed by atoms with Crippen molar-refractivity contribution in [3.63, 3.8) is 0 Å². The van der Waals surface area contributed by atoms with Crippen LogP contribution in [0.5, 0.6) is 0 Å². The summed E-state index contributed by atoms with van der Waals surface area (Å²) in [7, 11) is 0. The third kappa shape index (κ3) is 2.94. The van der Waals surface area contributed by atoms with Crippen LogP contribution in [-0.2, 0) is 16.0 Å². The number of anilines is 3. The summed E-state index contributed by atoms with van der Waals surface area (Å²) in [4.78, 5) is 22.0. The molecule has 1 aliphatic rings. The molecular weight excluding hydrogens is 248 g/mol. The van der Waals surface area contributed by atoms with E-state index in [1.54, 1.807) is 12.1 Å². The maximum absolute atomic E-state index is 11.3. The Morgan fingerprint density at radius 1 is 1.47 bits per heavy atom. The van der Waals surface area contributed by atoms with E-state index in [4.69, 9.17) is 11.5 Å². The molecule has 1 aromatic carbocycles. The zero-order chi connectivity index (χ0) is 14.0. The van der Waals surface area contributed by atoms with Crippen molar-refractivity contribution >= 4 is 28.9 Å². The standard InChI is InChI=1S/C12H16N4O3/c13-7-3-6-1-2-11(18)16-8(6)4-9(7)15-5-10(17)12(14)19/h3-4,10,15,17H,1-2,5,13H2,(H2,14,19)(H,16,18). The molecular formula is C12H16N4O3. The summed E-state index contributed by atoms with van der Waals surface area (Å²) in [5, 5.41) is 14.9. The molecule has 7 nitrogen and oxygen atoms in total. The molecule has 1 heterocycles. The van der Waals surface area contributed by atoms with Crippen LogP contribution in [0.25, 0.3) is 0 Å². The van der Waals surface area contributed by atoms with E-state index in [1.807, 2.05) is 0 Å². The van der Waals surface area contributed by atoms with Crippen LogP contribution < -0.4 is 22.1 Å². The second-order valence-electron chi connectivity index (χ2n) is 4.44. The first-order valence-corrected chi connectivity index (χ1v) is 5.91. The highest BCUT2D eigenvalue weighted by atomic mass is 16.3. The molecule has 2 rings (SSSR count). The minimum atomic E-state index is -1.29. The Kier molecular flexibility index (Phi) is 3.57. The lowest BCUT2D eigenvalue weighted by Gasteiger charge is -2.20. The highest BCUT2D eigenvalue weighted by Gasteiger charge is 2.17. The SMILES string of the molecule is NC(=O)C(O)CNc1cc2c(cc1N)CCC(=O)N2. The van der Waals surface area contributed by atoms with Gasteiger partial charge >= 0.3 is 0 Å². The highest BCUT2D eigenvalue weighted by molar-refractivity contribution is 5.95. The van der Waals surface area contributed by atoms with Crippen molar-refractivity contribution in [2.45, 2.75) is 18.9 Å². The number of carbonyl (C=O) groups excluding carboxylic acids is 2. The summed E-state index contributed by atoms with van der Waals surface area (Å²) < 4.78 is 0. The molecule has 19 heavy (non-hydrogen) atoms. The molecule has 0 aromatic heterocycles. The predicted octanol–water partition coefficient (Wildman–Crippen LogP) is -0.588. The second kappa shape index (κ2) is 5.15. The lowest BCUT2D eigenvalue weighted by Crippen LogP contribution is -2.34. The summed E-state index contributed by atoms with van der Waals surface area (Å²) in [6.45, 7) is -0.0354. The third-order valence-corrected chi connectivity index (χ3v) is 2.99. The van der Waals surface area contributed by atoms with Crippen LogP contribution in [0.3, 0.4) is 0 Å². The Bertz CT molecular complexity index is 530. The van der Waals surface area contributed by atoms with Gasteiger partial charge < -0.3 is 27.2 Å². The lowest BCUT2D eigenvalue weighted by molar-refractivity contribution is -0.125. The molecule has 1 aromatic rings. The average Bonchev–Trinajstić information content (AvgIpc) is 2.36. The Balaban J connectivity index is 2.15. The first kappa shape index (κ1) is 13.2. The van der Waals surface area contributed by atoms with E-state index in [0.717, 1.165) is 5.56 Å². The van der Waals surface area contributed by atoms with E-state index >= 15 is 0 Å². The number of fused-ring (bicyclic) bond motifs is 1. The van der Waals surface area contributed by atoms with Gasteiger partial charge in [-0.1, -0.05) is 0 Å². The van der Waals surface area contributed by atoms with Crippen LogP contribution in [0.1, 0.15) is 12.0 Å². The van der Waals surface area contributed by atoms with Gasteiger partial charge in [-0.25, -0.2) is 0 Å². The number of aliphatic hydroxyl groups excluding tert-OH is 1. The summed E-state index contributed by atoms with van der Waals surface area (Å²) in [5.41, 5.74) is 13.5. The van der Waals surface area contributed by atoms with Crippen LogP contribution >= 0.6 is 0 Å². The van der Waals surface area contributed by atoms with Gasteiger partial charge in [0.2, 0.25) is 11.8 Å². The number of nitrogen functional groups attached to an aromatic ring is 1. The molecule has 2 amide bonds. The average molecular weight is 264 g/mol. The van der Waals surface area contributed by atoms with Crippen molar-refractivity contribution in [2.24, 2.45) is 5.73 Å². The van der Waals surface area contributed by atoms with Crippen LogP contribution in [0.15, 0.2) is 12.1 Å². The molecule has 0 saturated heterocycles. The molecule has 1 atom stereocenters. The van der Waals surface area contributed by atoms with Gasteiger partial charge in [-0.2, -0.15) is 0 Å². The predicted molar refractivity (Wildman–Crippen MR) is 71.5 cm³/mol. The first-order chi connectivity index (χ1) is 8.97. The van der Waals surface area contributed by atoms with E-state index < -0.39 is 12.0 Å². The summed E-state index contributed by atoms with van der Waals surface area (Å²) in [5.74, 6) is -0.849. The number of rotatable bonds is 4. The van der Waals surface area contributed by atoms with Gasteiger partial charge in [0, 0.05) is 18.7 Å². The molecule has 0 bridgehead atoms. The third-order valence-electron chi connectivity index (χ3n) is 2.99. The maximum atomic E-state index is 11.3. The molecule has 0 aliphatic carbocycles. The fraction of sp³-hybridized carbons (Fsp3) is 0.333. The largest absolute Gasteiger partial charge is 0.397 e. The fourth-order valence-corrected chi connectivity index (χ4v) is 1.91. The highest BCUT2D eigenvalue weighted by Crippen LogP contribution is 2.30. The van der Waals surface area contributed by atoms with E-state index in [1.165, 1.54) is 0 Å². The second-order valence-corrected chi connectivity index (χ2v) is 4.44. The van der Waals surface area contributed by atoms with E-state index in [9.17, 15) is 14.7 Å². The summed E-state index contributed by atoms with van der Waals surface area (Å²) in [6.07, 6.45) is -0.195. The molecule has 1 unspecified atom stereocenters. The monoisotopic (exact) mass is 264 g/mol. The van der Waals surface area contributed by atoms with Gasteiger partial charge in [0.15, 0.2) is 0 Å². The van der Waals surface area contributed by atoms with Gasteiger partial charge in [0.1, 0.15) is 6.10 Å². The number of hydrogen-bond donors (Lipinski definition) is 5. The Morgan fingerprint density at radius 2 is 2.21 bits per heavy atom. The zero-order valence-electron chi connectivity index (χ0n) is 10.3. The molecule has 0 spiro atoms. The Hall–Kier alpha value is -2.28. The Labute approximate surface area is 110 Å². The van der Waals surface area contributed by atoms with E-state index in [2.05, 4.69) is 10.6 Å². The first-order valence-electron chi connectivity index (χ1n) is 5.91. The number of aryl methyl sites for hydroxylation is 1. The minimum absolute atomic E-state index is 0.0354. The van der Waals surface area contributed by atoms with Crippen LogP contribution in [-0.4, -0.2) is 29.6 Å². The number of hydrogen-bond acceptors (Lipinski definition) is 5. The van der Waals surface area contributed by atoms with Gasteiger partial charge in [-0.3, -0.25) is 9.59 Å². The number of nitrogens with two attached hydrogens (primary N) is 2. The molecule has 0 fully saturated rings. The Morgan fingerprint density at radius 3 is 2.89 bits per heavy atom. The number of aliphatic hydroxyl groups is 1. The van der Waals surface area contributed by atoms with Crippen molar-refractivity contribution in [1.82, 2.24) is 0 Å². The zero-order valence-corrected chi connectivity index (χ0v) is 10.3. The maximum Gasteiger partial charge on any atom is 0.248 e. The molecule has 102 valence electrons. The quantitative estimate of drug-likeness (QED) is 0.464. The summed E-state index contributed by atoms with van der Waals surface area (Å²) >= 11 is 0. The number of amides is 2. The van der Waals surface area contributed by atoms with Crippen molar-refractivity contribution < 1.29 is 14.7 Å². The van der Waals surface area contributed by atoms with Crippen molar-refractivity contribution in [2.75, 3.05) is 22.9 Å². The molecule has 7 heteroatoms. The summed E-state index contributed by atoms with van der Waals surface area (Å²) in [6, 6.07) is 3.46. The minimum Gasteiger partial charge on any atom is -0.397 e. The van der Waals surface area contributed by atoms with Crippen molar-refractivity contribution in [3.8, 4) is 0 Å². The number of primary amides is 1. The lowest BCUT2D eigenvalue weighted by atomic mass is 10.0. The molecule has 0 saturated carbocycles. The molecule has 0 radical (unpaired) electrons. The van der Waals surface area contributed by atoms with Gasteiger partial charge in [-0.05, 0) is 24.1 Å². The normalized spacial score (nSPS) is 15.3. The van der Waals surface area contributed by atoms with E-state index in [-0.39, 0.29) is 12.5 Å². The number of carbonyl (C=O) groups is 2. The molecule has 7 N–H and O–H groups in total. The number of benzene rings is 1. The number of nitrogens with one attached hydrogen (secondary N) is 2. The van der Waals surface area contributed by atoms with Gasteiger partial charge in [0.25, 0.3) is 0 Å². The van der Waals surface area contributed by atoms with Crippen LogP contribution in [0.4, 0.5) is 17.1 Å². The van der Waals surface area contributed by atoms with Gasteiger partial charge in [-0.15, -0.1) is 0 Å². The van der Waals surface area contributed by atoms with Crippen LogP contribution in [0.2, 0.25) is 0 Å². The fourth-order valence-electron chi connectivity index (χ4n) is 1.91. The van der Waals surface area contributed by atoms with Crippen molar-refractivity contribution in [3.05, 3.63) is 17.7 Å².